The van der Waals surface area contributed by atoms with Gasteiger partial charge < -0.3 is 31.1 Å². The molecular weight excluding hydrogens is 584 g/mol. The molecule has 0 aliphatic heterocycles. The Balaban J connectivity index is 1.58. The van der Waals surface area contributed by atoms with Crippen LogP contribution < -0.4 is 11.1 Å². The van der Waals surface area contributed by atoms with Crippen molar-refractivity contribution in [1.82, 2.24) is 9.88 Å². The molecule has 0 bridgehead atoms. The smallest absolute Gasteiger partial charge is 0.357 e. The van der Waals surface area contributed by atoms with Crippen LogP contribution in [0.2, 0.25) is 0 Å². The molecule has 2 unspecified atom stereocenters. The van der Waals surface area contributed by atoms with E-state index in [1.54, 1.807) is 13.8 Å². The number of rotatable bonds is 6. The average Bonchev–Trinajstić information content (AvgIpc) is 3.40. The number of anilines is 2. The number of phenolic OH excluding ortho intramolecular Hbond substituents is 1. The number of nitrogens with two attached hydrogens (primary N) is 1. The maximum atomic E-state index is 14.1. The molecular formula is C28H30N4O10S. The lowest BCUT2D eigenvalue weighted by molar-refractivity contribution is -0.196. The zero-order valence-electron chi connectivity index (χ0n) is 23.6. The Morgan fingerprint density at radius 2 is 1.86 bits per heavy atom. The quantitative estimate of drug-likeness (QED) is 0.161. The summed E-state index contributed by atoms with van der Waals surface area (Å²) in [5.41, 5.74) is 2.33. The number of aromatic hydroxyl groups is 1. The molecule has 6 N–H and O–H groups in total. The van der Waals surface area contributed by atoms with E-state index in [4.69, 9.17) is 10.5 Å². The fourth-order valence-electron chi connectivity index (χ4n) is 6.84. The summed E-state index contributed by atoms with van der Waals surface area (Å²) in [6, 6.07) is 1.55. The van der Waals surface area contributed by atoms with Crippen LogP contribution in [-0.2, 0) is 23.9 Å². The van der Waals surface area contributed by atoms with Gasteiger partial charge in [-0.2, -0.15) is 0 Å². The number of hydrogen-bond acceptors (Lipinski definition) is 14. The van der Waals surface area contributed by atoms with Gasteiger partial charge in [0.2, 0.25) is 5.91 Å². The van der Waals surface area contributed by atoms with Crippen LogP contribution in [0.4, 0.5) is 10.8 Å². The summed E-state index contributed by atoms with van der Waals surface area (Å²) in [5.74, 6) is -14.8. The van der Waals surface area contributed by atoms with Crippen LogP contribution in [0, 0.1) is 23.7 Å². The Bertz CT molecular complexity index is 1590. The number of hydrogen-bond donors (Lipinski definition) is 5. The van der Waals surface area contributed by atoms with Crippen molar-refractivity contribution >= 4 is 57.2 Å². The van der Waals surface area contributed by atoms with E-state index in [9.17, 15) is 44.1 Å². The van der Waals surface area contributed by atoms with Crippen molar-refractivity contribution in [3.05, 3.63) is 34.3 Å². The number of aromatic nitrogens is 1. The molecule has 1 aromatic heterocycles. The Labute approximate surface area is 248 Å². The van der Waals surface area contributed by atoms with E-state index in [-0.39, 0.29) is 28.7 Å². The van der Waals surface area contributed by atoms with Crippen LogP contribution in [-0.4, -0.2) is 98.7 Å². The molecule has 2 fully saturated rings. The standard InChI is InChI=1S/C28H30N4O10S/c1-5-42-26(40)12-8-43-27(31-12)30-11-7-6-10-9(2)13-15(20(34)14(10)19(11)33)23(37)28(41)17(21(13)35)18(32(3)4)22(36)16(24(28)38)25(29)39/h6-9,13,15-18,21,33,35,41H,5H2,1-4H3,(H2,29,39)(H,30,31)/t9-,13+,15?,16?,17+,18-,21-,28-/m1/s1. The largest absolute Gasteiger partial charge is 0.505 e. The molecule has 1 amide bonds. The zero-order valence-corrected chi connectivity index (χ0v) is 24.4. The highest BCUT2D eigenvalue weighted by molar-refractivity contribution is 7.14. The first-order valence-electron chi connectivity index (χ1n) is 13.5. The predicted octanol–water partition coefficient (Wildman–Crippen LogP) is -0.224. The summed E-state index contributed by atoms with van der Waals surface area (Å²) in [7, 11) is 2.85. The second kappa shape index (κ2) is 10.6. The minimum Gasteiger partial charge on any atom is -0.505 e. The fraction of sp³-hybridized carbons (Fsp3) is 0.464. The number of thiazole rings is 1. The first-order chi connectivity index (χ1) is 20.2. The van der Waals surface area contributed by atoms with Gasteiger partial charge >= 0.3 is 5.97 Å². The number of ketones is 4. The highest BCUT2D eigenvalue weighted by Crippen LogP contribution is 2.55. The maximum absolute atomic E-state index is 14.1. The van der Waals surface area contributed by atoms with Gasteiger partial charge in [0.15, 0.2) is 45.5 Å². The van der Waals surface area contributed by atoms with Gasteiger partial charge in [-0.25, -0.2) is 9.78 Å². The highest BCUT2D eigenvalue weighted by atomic mass is 32.1. The van der Waals surface area contributed by atoms with Crippen molar-refractivity contribution in [1.29, 1.82) is 0 Å². The Morgan fingerprint density at radius 3 is 2.47 bits per heavy atom. The lowest BCUT2D eigenvalue weighted by Crippen LogP contribution is -2.77. The van der Waals surface area contributed by atoms with Gasteiger partial charge in [0.05, 0.1) is 41.8 Å². The van der Waals surface area contributed by atoms with Crippen molar-refractivity contribution in [3.8, 4) is 5.75 Å². The van der Waals surface area contributed by atoms with Crippen LogP contribution in [0.5, 0.6) is 5.75 Å². The number of nitrogens with one attached hydrogen (secondary N) is 1. The molecule has 2 aromatic rings. The van der Waals surface area contributed by atoms with E-state index in [0.717, 1.165) is 11.3 Å². The van der Waals surface area contributed by atoms with Crippen LogP contribution >= 0.6 is 11.3 Å². The first-order valence-corrected chi connectivity index (χ1v) is 14.3. The summed E-state index contributed by atoms with van der Waals surface area (Å²) >= 11 is 1.04. The third-order valence-corrected chi connectivity index (χ3v) is 9.48. The molecule has 3 aliphatic rings. The minimum absolute atomic E-state index is 0.0173. The molecule has 0 radical (unpaired) electrons. The highest BCUT2D eigenvalue weighted by Gasteiger charge is 2.72. The second-order valence-corrected chi connectivity index (χ2v) is 12.0. The molecule has 3 aliphatic carbocycles. The number of nitrogens with zero attached hydrogens (tertiary/aromatic N) is 2. The number of fused-ring (bicyclic) bond motifs is 3. The van der Waals surface area contributed by atoms with Crippen LogP contribution in [0.1, 0.15) is 46.2 Å². The maximum Gasteiger partial charge on any atom is 0.357 e. The summed E-state index contributed by atoms with van der Waals surface area (Å²) in [4.78, 5) is 84.3. The SMILES string of the molecule is CCOC(=O)c1csc(Nc2ccc3c(c2O)C(=O)C2C(=O)[C@@]4(O)C(=O)C(C(N)=O)C(=O)[C@H](N(C)C)[C@H]4[C@H](O)[C@H]2[C@@H]3C)n1. The van der Waals surface area contributed by atoms with Gasteiger partial charge in [0.25, 0.3) is 0 Å². The Kier molecular flexibility index (Phi) is 7.49. The number of carbonyl (C=O) groups is 6. The van der Waals surface area contributed by atoms with Gasteiger partial charge in [-0.3, -0.25) is 28.9 Å². The summed E-state index contributed by atoms with van der Waals surface area (Å²) < 4.78 is 4.92. The molecule has 43 heavy (non-hydrogen) atoms. The molecule has 14 nitrogen and oxygen atoms in total. The monoisotopic (exact) mass is 614 g/mol. The number of aliphatic hydroxyl groups is 2. The number of phenols is 1. The predicted molar refractivity (Wildman–Crippen MR) is 149 cm³/mol. The van der Waals surface area contributed by atoms with E-state index < -0.39 is 88.1 Å². The van der Waals surface area contributed by atoms with Crippen LogP contribution in [0.15, 0.2) is 17.5 Å². The molecule has 1 aromatic carbocycles. The van der Waals surface area contributed by atoms with Gasteiger partial charge in [0, 0.05) is 11.3 Å². The van der Waals surface area contributed by atoms with Crippen molar-refractivity contribution in [3.63, 3.8) is 0 Å². The first kappa shape index (κ1) is 30.4. The number of likely N-dealkylation sites (N-methyl/N-ethyl adjacent to an activating group) is 1. The number of carbonyl (C=O) groups excluding carboxylic acids is 6. The van der Waals surface area contributed by atoms with Crippen LogP contribution in [0.3, 0.4) is 0 Å². The molecule has 2 saturated carbocycles. The normalized spacial score (nSPS) is 31.7. The Morgan fingerprint density at radius 1 is 1.19 bits per heavy atom. The third-order valence-electron chi connectivity index (χ3n) is 8.72. The molecule has 0 spiro atoms. The number of ether oxygens (including phenoxy) is 1. The lowest BCUT2D eigenvalue weighted by Gasteiger charge is -2.56. The van der Waals surface area contributed by atoms with E-state index in [0.29, 0.717) is 5.56 Å². The van der Waals surface area contributed by atoms with Crippen molar-refractivity contribution in [2.24, 2.45) is 29.4 Å². The molecule has 1 heterocycles. The molecule has 228 valence electrons. The summed E-state index contributed by atoms with van der Waals surface area (Å²) in [5, 5.41) is 39.1. The number of primary amides is 1. The molecule has 8 atom stereocenters. The van der Waals surface area contributed by atoms with Crippen molar-refractivity contribution < 1.29 is 48.8 Å². The number of Topliss-reactive ketones (excluding diaryl/α,β-unsaturated/α-hetero) is 4. The summed E-state index contributed by atoms with van der Waals surface area (Å²) in [6.45, 7) is 3.41. The van der Waals surface area contributed by atoms with Gasteiger partial charge in [-0.15, -0.1) is 11.3 Å². The molecule has 0 saturated heterocycles. The second-order valence-electron chi connectivity index (χ2n) is 11.2. The van der Waals surface area contributed by atoms with E-state index in [2.05, 4.69) is 10.3 Å². The fourth-order valence-corrected chi connectivity index (χ4v) is 7.53. The number of aliphatic hydroxyl groups excluding tert-OH is 1. The number of amides is 1. The Hall–Kier alpha value is -4.05. The average molecular weight is 615 g/mol. The van der Waals surface area contributed by atoms with Gasteiger partial charge in [-0.05, 0) is 38.6 Å². The van der Waals surface area contributed by atoms with Crippen molar-refractivity contribution in [2.45, 2.75) is 37.5 Å². The third kappa shape index (κ3) is 4.29. The van der Waals surface area contributed by atoms with E-state index in [1.165, 1.54) is 36.5 Å². The minimum atomic E-state index is -3.08. The topological polar surface area (TPSA) is 227 Å². The molecule has 5 rings (SSSR count). The van der Waals surface area contributed by atoms with Crippen LogP contribution in [0.25, 0.3) is 0 Å². The summed E-state index contributed by atoms with van der Waals surface area (Å²) in [6.07, 6.45) is -1.72. The number of esters is 1. The van der Waals surface area contributed by atoms with E-state index in [1.807, 2.05) is 0 Å². The van der Waals surface area contributed by atoms with Gasteiger partial charge in [-0.1, -0.05) is 13.0 Å². The zero-order chi connectivity index (χ0) is 31.7. The number of benzene rings is 1. The van der Waals surface area contributed by atoms with E-state index >= 15 is 0 Å². The van der Waals surface area contributed by atoms with Crippen molar-refractivity contribution in [2.75, 3.05) is 26.0 Å². The molecule has 15 heteroatoms. The lowest BCUT2D eigenvalue weighted by atomic mass is 9.49. The van der Waals surface area contributed by atoms with Gasteiger partial charge in [0.1, 0.15) is 5.75 Å².